The van der Waals surface area contributed by atoms with Crippen molar-refractivity contribution in [2.45, 2.75) is 38.3 Å². The summed E-state index contributed by atoms with van der Waals surface area (Å²) in [6, 6.07) is 8.48. The van der Waals surface area contributed by atoms with Crippen molar-refractivity contribution in [1.29, 1.82) is 0 Å². The molecule has 2 atom stereocenters. The zero-order valence-corrected chi connectivity index (χ0v) is 17.7. The summed E-state index contributed by atoms with van der Waals surface area (Å²) in [7, 11) is -3.10. The van der Waals surface area contributed by atoms with Crippen molar-refractivity contribution >= 4 is 33.4 Å². The van der Waals surface area contributed by atoms with Crippen LogP contribution in [0, 0.1) is 5.92 Å². The Hall–Kier alpha value is -2.62. The van der Waals surface area contributed by atoms with Crippen LogP contribution in [0.5, 0.6) is 0 Å². The molecule has 30 heavy (non-hydrogen) atoms. The minimum Gasteiger partial charge on any atom is -0.452 e. The summed E-state index contributed by atoms with van der Waals surface area (Å²) < 4.78 is 28.3. The standard InChI is InChI=1S/C20H27N3O6S/c1-14(18(24)21-17-9-12-30(27,28)13-17)29-19(25)15-7-10-23(11-8-15)20(26)22-16-5-3-2-4-6-16/h2-6,14-15,17H,7-13H2,1H3,(H,21,24)(H,22,26)/t14-,17+/m0/s1. The Morgan fingerprint density at radius 2 is 1.77 bits per heavy atom. The maximum atomic E-state index is 12.4. The summed E-state index contributed by atoms with van der Waals surface area (Å²) in [6.07, 6.45) is 0.283. The lowest BCUT2D eigenvalue weighted by molar-refractivity contribution is -0.160. The van der Waals surface area contributed by atoms with Gasteiger partial charge in [0, 0.05) is 24.8 Å². The minimum atomic E-state index is -3.10. The molecule has 1 aromatic rings. The number of piperidine rings is 1. The van der Waals surface area contributed by atoms with Crippen LogP contribution in [0.25, 0.3) is 0 Å². The molecular weight excluding hydrogens is 410 g/mol. The van der Waals surface area contributed by atoms with Gasteiger partial charge in [0.15, 0.2) is 15.9 Å². The molecular formula is C20H27N3O6S. The molecule has 0 bridgehead atoms. The van der Waals surface area contributed by atoms with E-state index in [1.165, 1.54) is 6.92 Å². The van der Waals surface area contributed by atoms with Gasteiger partial charge in [-0.1, -0.05) is 18.2 Å². The predicted molar refractivity (Wildman–Crippen MR) is 111 cm³/mol. The molecule has 2 heterocycles. The molecule has 0 unspecified atom stereocenters. The zero-order chi connectivity index (χ0) is 21.7. The SMILES string of the molecule is C[C@H](OC(=O)C1CCN(C(=O)Nc2ccccc2)CC1)C(=O)N[C@@H]1CCS(=O)(=O)C1. The number of anilines is 1. The monoisotopic (exact) mass is 437 g/mol. The molecule has 2 aliphatic heterocycles. The van der Waals surface area contributed by atoms with Gasteiger partial charge in [-0.2, -0.15) is 0 Å². The smallest absolute Gasteiger partial charge is 0.321 e. The molecule has 3 amide bonds. The van der Waals surface area contributed by atoms with Crippen LogP contribution in [-0.2, 0) is 24.2 Å². The van der Waals surface area contributed by atoms with Crippen molar-refractivity contribution < 1.29 is 27.5 Å². The first-order chi connectivity index (χ1) is 14.2. The highest BCUT2D eigenvalue weighted by Gasteiger charge is 2.33. The number of carbonyl (C=O) groups is 3. The van der Waals surface area contributed by atoms with Crippen LogP contribution in [0.4, 0.5) is 10.5 Å². The van der Waals surface area contributed by atoms with E-state index >= 15 is 0 Å². The van der Waals surface area contributed by atoms with Gasteiger partial charge < -0.3 is 20.3 Å². The molecule has 0 aliphatic carbocycles. The molecule has 0 spiro atoms. The van der Waals surface area contributed by atoms with Gasteiger partial charge in [0.25, 0.3) is 5.91 Å². The lowest BCUT2D eigenvalue weighted by atomic mass is 9.97. The summed E-state index contributed by atoms with van der Waals surface area (Å²) in [5.74, 6) is -1.37. The summed E-state index contributed by atoms with van der Waals surface area (Å²) >= 11 is 0. The molecule has 164 valence electrons. The Bertz CT molecular complexity index is 881. The zero-order valence-electron chi connectivity index (χ0n) is 16.9. The van der Waals surface area contributed by atoms with Gasteiger partial charge in [0.2, 0.25) is 0 Å². The number of nitrogens with one attached hydrogen (secondary N) is 2. The normalized spacial score (nSPS) is 22.2. The van der Waals surface area contributed by atoms with Crippen molar-refractivity contribution in [1.82, 2.24) is 10.2 Å². The first kappa shape index (κ1) is 22.1. The van der Waals surface area contributed by atoms with E-state index in [1.807, 2.05) is 18.2 Å². The highest BCUT2D eigenvalue weighted by atomic mass is 32.2. The number of hydrogen-bond acceptors (Lipinski definition) is 6. The van der Waals surface area contributed by atoms with Crippen molar-refractivity contribution in [2.75, 3.05) is 29.9 Å². The van der Waals surface area contributed by atoms with Gasteiger partial charge >= 0.3 is 12.0 Å². The molecule has 9 nitrogen and oxygen atoms in total. The number of sulfone groups is 1. The minimum absolute atomic E-state index is 0.0581. The first-order valence-corrected chi connectivity index (χ1v) is 11.9. The Morgan fingerprint density at radius 1 is 1.10 bits per heavy atom. The van der Waals surface area contributed by atoms with Gasteiger partial charge in [0.05, 0.1) is 17.4 Å². The average Bonchev–Trinajstić information content (AvgIpc) is 3.06. The molecule has 3 rings (SSSR count). The Balaban J connectivity index is 1.41. The van der Waals surface area contributed by atoms with E-state index in [0.717, 1.165) is 0 Å². The molecule has 2 saturated heterocycles. The third-order valence-corrected chi connectivity index (χ3v) is 7.15. The number of urea groups is 1. The third kappa shape index (κ3) is 5.94. The molecule has 0 aromatic heterocycles. The molecule has 2 N–H and O–H groups in total. The van der Waals surface area contributed by atoms with Crippen LogP contribution in [0.3, 0.4) is 0 Å². The second-order valence-electron chi connectivity index (χ2n) is 7.75. The molecule has 0 radical (unpaired) electrons. The number of nitrogens with zero attached hydrogens (tertiary/aromatic N) is 1. The molecule has 2 aliphatic rings. The van der Waals surface area contributed by atoms with E-state index in [1.54, 1.807) is 17.0 Å². The van der Waals surface area contributed by atoms with Gasteiger partial charge in [-0.05, 0) is 38.3 Å². The summed E-state index contributed by atoms with van der Waals surface area (Å²) in [5, 5.41) is 5.45. The predicted octanol–water partition coefficient (Wildman–Crippen LogP) is 1.17. The van der Waals surface area contributed by atoms with Crippen LogP contribution < -0.4 is 10.6 Å². The van der Waals surface area contributed by atoms with E-state index < -0.39 is 33.9 Å². The highest BCUT2D eigenvalue weighted by Crippen LogP contribution is 2.20. The Kier molecular flexibility index (Phi) is 6.96. The number of amides is 3. The van der Waals surface area contributed by atoms with Crippen LogP contribution in [0.1, 0.15) is 26.2 Å². The summed E-state index contributed by atoms with van der Waals surface area (Å²) in [5.41, 5.74) is 0.707. The maximum absolute atomic E-state index is 12.4. The molecule has 0 saturated carbocycles. The van der Waals surface area contributed by atoms with Crippen LogP contribution >= 0.6 is 0 Å². The number of hydrogen-bond donors (Lipinski definition) is 2. The fraction of sp³-hybridized carbons (Fsp3) is 0.550. The maximum Gasteiger partial charge on any atom is 0.321 e. The second kappa shape index (κ2) is 9.46. The summed E-state index contributed by atoms with van der Waals surface area (Å²) in [4.78, 5) is 38.6. The third-order valence-electron chi connectivity index (χ3n) is 5.38. The fourth-order valence-corrected chi connectivity index (χ4v) is 5.27. The van der Waals surface area contributed by atoms with Crippen LogP contribution in [0.2, 0.25) is 0 Å². The molecule has 10 heteroatoms. The quantitative estimate of drug-likeness (QED) is 0.667. The number of carbonyl (C=O) groups excluding carboxylic acids is 3. The van der Waals surface area contributed by atoms with Gasteiger partial charge in [-0.15, -0.1) is 0 Å². The van der Waals surface area contributed by atoms with E-state index in [9.17, 15) is 22.8 Å². The van der Waals surface area contributed by atoms with Gasteiger partial charge in [-0.3, -0.25) is 9.59 Å². The number of ether oxygens (including phenoxy) is 1. The lowest BCUT2D eigenvalue weighted by Crippen LogP contribution is -2.45. The topological polar surface area (TPSA) is 122 Å². The molecule has 2 fully saturated rings. The van der Waals surface area contributed by atoms with Crippen molar-refractivity contribution in [3.05, 3.63) is 30.3 Å². The van der Waals surface area contributed by atoms with E-state index in [0.29, 0.717) is 38.0 Å². The molecule has 1 aromatic carbocycles. The van der Waals surface area contributed by atoms with Crippen molar-refractivity contribution in [2.24, 2.45) is 5.92 Å². The number of benzene rings is 1. The van der Waals surface area contributed by atoms with Gasteiger partial charge in [-0.25, -0.2) is 13.2 Å². The van der Waals surface area contributed by atoms with Crippen LogP contribution in [0.15, 0.2) is 30.3 Å². The summed E-state index contributed by atoms with van der Waals surface area (Å²) in [6.45, 7) is 2.30. The highest BCUT2D eigenvalue weighted by molar-refractivity contribution is 7.91. The van der Waals surface area contributed by atoms with Crippen molar-refractivity contribution in [3.63, 3.8) is 0 Å². The number of esters is 1. The number of para-hydroxylation sites is 1. The van der Waals surface area contributed by atoms with Crippen LogP contribution in [-0.4, -0.2) is 68.0 Å². The largest absolute Gasteiger partial charge is 0.452 e. The fourth-order valence-electron chi connectivity index (χ4n) is 3.59. The number of rotatable bonds is 5. The Morgan fingerprint density at radius 3 is 2.37 bits per heavy atom. The average molecular weight is 438 g/mol. The van der Waals surface area contributed by atoms with Gasteiger partial charge in [0.1, 0.15) is 0 Å². The van der Waals surface area contributed by atoms with E-state index in [2.05, 4.69) is 10.6 Å². The van der Waals surface area contributed by atoms with Crippen molar-refractivity contribution in [3.8, 4) is 0 Å². The number of likely N-dealkylation sites (tertiary alicyclic amines) is 1. The Labute approximate surface area is 176 Å². The second-order valence-corrected chi connectivity index (χ2v) is 9.97. The lowest BCUT2D eigenvalue weighted by Gasteiger charge is -2.31. The first-order valence-electron chi connectivity index (χ1n) is 10.1. The van der Waals surface area contributed by atoms with E-state index in [4.69, 9.17) is 4.74 Å². The van der Waals surface area contributed by atoms with E-state index in [-0.39, 0.29) is 23.5 Å².